The van der Waals surface area contributed by atoms with Gasteiger partial charge < -0.3 is 39.7 Å². The Morgan fingerprint density at radius 2 is 1.55 bits per heavy atom. The van der Waals surface area contributed by atoms with Gasteiger partial charge in [0.1, 0.15) is 37.1 Å². The Hall–Kier alpha value is -0.740. The van der Waals surface area contributed by atoms with Gasteiger partial charge in [0.05, 0.1) is 19.5 Å². The van der Waals surface area contributed by atoms with E-state index in [1.807, 2.05) is 6.08 Å². The highest BCUT2D eigenvalue weighted by Gasteiger charge is 2.44. The fourth-order valence-electron chi connectivity index (χ4n) is 3.16. The fourth-order valence-corrected chi connectivity index (χ4v) is 3.16. The predicted octanol–water partition coefficient (Wildman–Crippen LogP) is 1.22. The fraction of sp³-hybridized carbons (Fsp3) is 0.905. The Bertz CT molecular complexity index is 417. The number of hydrogen-bond acceptors (Lipinski definition) is 8. The number of rotatable bonds is 16. The van der Waals surface area contributed by atoms with E-state index in [0.717, 1.165) is 12.8 Å². The van der Waals surface area contributed by atoms with Crippen molar-refractivity contribution in [2.75, 3.05) is 19.8 Å². The van der Waals surface area contributed by atoms with Gasteiger partial charge in [0.25, 0.3) is 0 Å². The molecule has 6 atom stereocenters. The number of aliphatic hydroxyl groups is 5. The molecule has 8 heteroatoms. The monoisotopic (exact) mass is 420 g/mol. The zero-order chi connectivity index (χ0) is 21.5. The molecule has 0 saturated carbocycles. The smallest absolute Gasteiger partial charge is 0.186 e. The summed E-state index contributed by atoms with van der Waals surface area (Å²) in [7, 11) is 0. The second-order valence-corrected chi connectivity index (χ2v) is 7.65. The highest BCUT2D eigenvalue weighted by molar-refractivity contribution is 4.89. The minimum absolute atomic E-state index is 0.0192. The van der Waals surface area contributed by atoms with Crippen LogP contribution in [0.15, 0.2) is 12.3 Å². The topological polar surface area (TPSA) is 129 Å². The quantitative estimate of drug-likeness (QED) is 0.186. The summed E-state index contributed by atoms with van der Waals surface area (Å²) in [6.07, 6.45) is 6.98. The van der Waals surface area contributed by atoms with E-state index in [-0.39, 0.29) is 13.2 Å². The highest BCUT2D eigenvalue weighted by atomic mass is 16.7. The van der Waals surface area contributed by atoms with E-state index in [1.165, 1.54) is 44.9 Å². The van der Waals surface area contributed by atoms with E-state index < -0.39 is 43.4 Å². The zero-order valence-electron chi connectivity index (χ0n) is 17.6. The summed E-state index contributed by atoms with van der Waals surface area (Å²) >= 11 is 0. The van der Waals surface area contributed by atoms with Gasteiger partial charge in [-0.1, -0.05) is 51.9 Å². The summed E-state index contributed by atoms with van der Waals surface area (Å²) in [6.45, 7) is 1.53. The van der Waals surface area contributed by atoms with Gasteiger partial charge in [-0.15, -0.1) is 0 Å². The second-order valence-electron chi connectivity index (χ2n) is 7.65. The maximum Gasteiger partial charge on any atom is 0.186 e. The van der Waals surface area contributed by atoms with Crippen molar-refractivity contribution in [3.05, 3.63) is 12.3 Å². The number of ether oxygens (including phenoxy) is 3. The van der Waals surface area contributed by atoms with Crippen molar-refractivity contribution in [2.45, 2.75) is 102 Å². The van der Waals surface area contributed by atoms with Crippen LogP contribution in [0.1, 0.15) is 64.7 Å². The van der Waals surface area contributed by atoms with Gasteiger partial charge in [-0.3, -0.25) is 0 Å². The molecule has 0 radical (unpaired) electrons. The van der Waals surface area contributed by atoms with Crippen LogP contribution in [-0.2, 0) is 14.2 Å². The molecule has 1 rings (SSSR count). The lowest BCUT2D eigenvalue weighted by molar-refractivity contribution is -0.304. The highest BCUT2D eigenvalue weighted by Crippen LogP contribution is 2.22. The van der Waals surface area contributed by atoms with E-state index in [9.17, 15) is 20.4 Å². The van der Waals surface area contributed by atoms with Gasteiger partial charge in [0.2, 0.25) is 0 Å². The Morgan fingerprint density at radius 1 is 0.897 bits per heavy atom. The molecule has 0 aliphatic carbocycles. The Morgan fingerprint density at radius 3 is 2.21 bits per heavy atom. The minimum Gasteiger partial charge on any atom is -0.499 e. The molecule has 0 aromatic heterocycles. The average Bonchev–Trinajstić information content (AvgIpc) is 2.72. The van der Waals surface area contributed by atoms with E-state index in [4.69, 9.17) is 19.3 Å². The van der Waals surface area contributed by atoms with Gasteiger partial charge in [0.15, 0.2) is 6.29 Å². The molecular formula is C21H40O8. The zero-order valence-corrected chi connectivity index (χ0v) is 17.6. The van der Waals surface area contributed by atoms with Crippen LogP contribution >= 0.6 is 0 Å². The van der Waals surface area contributed by atoms with Crippen LogP contribution in [-0.4, -0.2) is 82.2 Å². The van der Waals surface area contributed by atoms with Crippen molar-refractivity contribution in [3.63, 3.8) is 0 Å². The first-order chi connectivity index (χ1) is 14.0. The van der Waals surface area contributed by atoms with Crippen molar-refractivity contribution in [2.24, 2.45) is 0 Å². The van der Waals surface area contributed by atoms with Gasteiger partial charge in [0, 0.05) is 0 Å². The van der Waals surface area contributed by atoms with Gasteiger partial charge >= 0.3 is 0 Å². The van der Waals surface area contributed by atoms with E-state index in [0.29, 0.717) is 0 Å². The van der Waals surface area contributed by atoms with Crippen LogP contribution in [0.2, 0.25) is 0 Å². The van der Waals surface area contributed by atoms with Crippen molar-refractivity contribution >= 4 is 0 Å². The largest absolute Gasteiger partial charge is 0.499 e. The van der Waals surface area contributed by atoms with Crippen molar-refractivity contribution in [3.8, 4) is 0 Å². The summed E-state index contributed by atoms with van der Waals surface area (Å²) < 4.78 is 15.7. The van der Waals surface area contributed by atoms with Crippen LogP contribution in [0, 0.1) is 0 Å². The molecule has 1 saturated heterocycles. The van der Waals surface area contributed by atoms with Gasteiger partial charge in [-0.25, -0.2) is 0 Å². The summed E-state index contributed by atoms with van der Waals surface area (Å²) in [5.74, 6) is 0. The molecule has 0 bridgehead atoms. The SMILES string of the molecule is CCCCCCCCCCC=COCC(O)CO[C@@H]1O[C@H](CO)[C@H](O)[C@H](O)[C@H]1O. The number of unbranched alkanes of at least 4 members (excludes halogenated alkanes) is 8. The number of hydrogen-bond donors (Lipinski definition) is 5. The third-order valence-electron chi connectivity index (χ3n) is 5.01. The molecule has 0 aromatic rings. The molecule has 1 fully saturated rings. The van der Waals surface area contributed by atoms with Crippen molar-refractivity contribution in [1.82, 2.24) is 0 Å². The first kappa shape index (κ1) is 26.3. The van der Waals surface area contributed by atoms with Gasteiger partial charge in [-0.05, 0) is 18.9 Å². The lowest BCUT2D eigenvalue weighted by Gasteiger charge is -2.39. The Balaban J connectivity index is 2.06. The molecule has 1 aliphatic heterocycles. The van der Waals surface area contributed by atoms with E-state index in [2.05, 4.69) is 6.92 Å². The summed E-state index contributed by atoms with van der Waals surface area (Å²) in [5.41, 5.74) is 0. The predicted molar refractivity (Wildman–Crippen MR) is 108 cm³/mol. The van der Waals surface area contributed by atoms with Crippen LogP contribution in [0.3, 0.4) is 0 Å². The average molecular weight is 421 g/mol. The van der Waals surface area contributed by atoms with Gasteiger partial charge in [-0.2, -0.15) is 0 Å². The molecule has 1 heterocycles. The standard InChI is InChI=1S/C21H40O8/c1-2-3-4-5-6-7-8-9-10-11-12-27-14-16(23)15-28-21-20(26)19(25)18(24)17(13-22)29-21/h11-12,16-26H,2-10,13-15H2,1H3/t16?,17-,18+,19+,20-,21-/m1/s1. The lowest BCUT2D eigenvalue weighted by Crippen LogP contribution is -2.59. The summed E-state index contributed by atoms with van der Waals surface area (Å²) in [5, 5.41) is 48.3. The van der Waals surface area contributed by atoms with Crippen LogP contribution in [0.4, 0.5) is 0 Å². The maximum atomic E-state index is 9.89. The van der Waals surface area contributed by atoms with Crippen molar-refractivity contribution in [1.29, 1.82) is 0 Å². The first-order valence-electron chi connectivity index (χ1n) is 10.9. The molecule has 1 unspecified atom stereocenters. The van der Waals surface area contributed by atoms with E-state index >= 15 is 0 Å². The van der Waals surface area contributed by atoms with Crippen molar-refractivity contribution < 1.29 is 39.7 Å². The lowest BCUT2D eigenvalue weighted by atomic mass is 9.99. The third-order valence-corrected chi connectivity index (χ3v) is 5.01. The summed E-state index contributed by atoms with van der Waals surface area (Å²) in [6, 6.07) is 0. The molecular weight excluding hydrogens is 380 g/mol. The Kier molecular flexibility index (Phi) is 14.5. The maximum absolute atomic E-state index is 9.89. The summed E-state index contributed by atoms with van der Waals surface area (Å²) in [4.78, 5) is 0. The molecule has 0 spiro atoms. The second kappa shape index (κ2) is 16.0. The first-order valence-corrected chi connectivity index (χ1v) is 10.9. The normalized spacial score (nSPS) is 28.7. The molecule has 1 aliphatic rings. The minimum atomic E-state index is -1.50. The van der Waals surface area contributed by atoms with Crippen LogP contribution in [0.25, 0.3) is 0 Å². The van der Waals surface area contributed by atoms with Crippen LogP contribution in [0.5, 0.6) is 0 Å². The molecule has 0 aromatic carbocycles. The van der Waals surface area contributed by atoms with E-state index in [1.54, 1.807) is 6.26 Å². The molecule has 8 nitrogen and oxygen atoms in total. The molecule has 172 valence electrons. The third kappa shape index (κ3) is 10.7. The molecule has 29 heavy (non-hydrogen) atoms. The Labute approximate surface area is 174 Å². The number of allylic oxidation sites excluding steroid dienone is 1. The van der Waals surface area contributed by atoms with Crippen LogP contribution < -0.4 is 0 Å². The molecule has 5 N–H and O–H groups in total. The number of aliphatic hydroxyl groups excluding tert-OH is 5. The molecule has 0 amide bonds.